The van der Waals surface area contributed by atoms with Gasteiger partial charge in [0, 0.05) is 0 Å². The quantitative estimate of drug-likeness (QED) is 0.619. The van der Waals surface area contributed by atoms with Crippen molar-refractivity contribution in [1.82, 2.24) is 10.6 Å². The van der Waals surface area contributed by atoms with Crippen LogP contribution in [0.3, 0.4) is 0 Å². The molecular weight excluding hydrogens is 240 g/mol. The van der Waals surface area contributed by atoms with Gasteiger partial charge in [-0.25, -0.2) is 9.59 Å². The number of carboxylic acids is 1. The van der Waals surface area contributed by atoms with Crippen LogP contribution in [0.15, 0.2) is 0 Å². The average molecular weight is 258 g/mol. The molecule has 0 aliphatic carbocycles. The van der Waals surface area contributed by atoms with Gasteiger partial charge in [0.15, 0.2) is 0 Å². The molecule has 0 aliphatic heterocycles. The van der Waals surface area contributed by atoms with Crippen molar-refractivity contribution in [2.45, 2.75) is 31.8 Å². The third-order valence-electron chi connectivity index (χ3n) is 2.00. The van der Waals surface area contributed by atoms with Gasteiger partial charge in [-0.15, -0.1) is 6.42 Å². The summed E-state index contributed by atoms with van der Waals surface area (Å²) in [6.45, 7) is 3.31. The molecule has 0 bridgehead atoms. The van der Waals surface area contributed by atoms with Gasteiger partial charge in [-0.2, -0.15) is 11.8 Å². The topological polar surface area (TPSA) is 78.4 Å². The normalized spacial score (nSPS) is 12.4. The van der Waals surface area contributed by atoms with Crippen molar-refractivity contribution < 1.29 is 14.7 Å². The Bertz CT molecular complexity index is 323. The van der Waals surface area contributed by atoms with Gasteiger partial charge in [0.2, 0.25) is 0 Å². The third-order valence-corrected chi connectivity index (χ3v) is 2.64. The molecule has 0 aliphatic rings. The van der Waals surface area contributed by atoms with E-state index in [0.29, 0.717) is 12.2 Å². The Labute approximate surface area is 106 Å². The Morgan fingerprint density at radius 1 is 1.53 bits per heavy atom. The Hall–Kier alpha value is -1.35. The van der Waals surface area contributed by atoms with Crippen molar-refractivity contribution >= 4 is 23.8 Å². The van der Waals surface area contributed by atoms with Crippen molar-refractivity contribution in [2.24, 2.45) is 0 Å². The van der Waals surface area contributed by atoms with Crippen LogP contribution in [0.25, 0.3) is 0 Å². The number of nitrogens with one attached hydrogen (secondary N) is 2. The van der Waals surface area contributed by atoms with E-state index in [1.807, 2.05) is 6.26 Å². The highest BCUT2D eigenvalue weighted by Crippen LogP contribution is 2.02. The first kappa shape index (κ1) is 15.7. The molecule has 5 nitrogen and oxygen atoms in total. The molecule has 0 aromatic carbocycles. The van der Waals surface area contributed by atoms with E-state index in [4.69, 9.17) is 11.5 Å². The molecule has 0 heterocycles. The van der Waals surface area contributed by atoms with Crippen LogP contribution in [-0.4, -0.2) is 40.7 Å². The van der Waals surface area contributed by atoms with Crippen molar-refractivity contribution in [3.05, 3.63) is 0 Å². The van der Waals surface area contributed by atoms with Crippen LogP contribution in [0.2, 0.25) is 0 Å². The summed E-state index contributed by atoms with van der Waals surface area (Å²) >= 11 is 1.52. The number of carboxylic acid groups (broad SMARTS) is 1. The summed E-state index contributed by atoms with van der Waals surface area (Å²) < 4.78 is 0. The van der Waals surface area contributed by atoms with Crippen LogP contribution < -0.4 is 10.6 Å². The number of carbonyl (C=O) groups excluding carboxylic acids is 1. The lowest BCUT2D eigenvalue weighted by atomic mass is 10.1. The highest BCUT2D eigenvalue weighted by molar-refractivity contribution is 7.98. The number of hydrogen-bond donors (Lipinski definition) is 3. The van der Waals surface area contributed by atoms with E-state index in [-0.39, 0.29) is 0 Å². The largest absolute Gasteiger partial charge is 0.480 e. The first-order chi connectivity index (χ1) is 7.82. The summed E-state index contributed by atoms with van der Waals surface area (Å²) in [5.41, 5.74) is -0.799. The lowest BCUT2D eigenvalue weighted by Gasteiger charge is -2.22. The minimum absolute atomic E-state index is 0.375. The molecule has 6 heteroatoms. The fourth-order valence-electron chi connectivity index (χ4n) is 1.01. The highest BCUT2D eigenvalue weighted by atomic mass is 32.2. The van der Waals surface area contributed by atoms with Crippen molar-refractivity contribution in [1.29, 1.82) is 0 Å². The molecule has 0 saturated heterocycles. The Balaban J connectivity index is 4.32. The van der Waals surface area contributed by atoms with E-state index in [0.717, 1.165) is 0 Å². The molecule has 0 rings (SSSR count). The smallest absolute Gasteiger partial charge is 0.326 e. The number of aliphatic carboxylic acids is 1. The van der Waals surface area contributed by atoms with Gasteiger partial charge in [-0.1, -0.05) is 5.92 Å². The second-order valence-electron chi connectivity index (χ2n) is 4.04. The minimum Gasteiger partial charge on any atom is -0.480 e. The third kappa shape index (κ3) is 6.74. The Morgan fingerprint density at radius 2 is 2.12 bits per heavy atom. The number of urea groups is 1. The van der Waals surface area contributed by atoms with Gasteiger partial charge >= 0.3 is 12.0 Å². The molecule has 17 heavy (non-hydrogen) atoms. The summed E-state index contributed by atoms with van der Waals surface area (Å²) in [6, 6.07) is -1.46. The molecule has 0 aromatic rings. The van der Waals surface area contributed by atoms with Crippen LogP contribution >= 0.6 is 11.8 Å². The monoisotopic (exact) mass is 258 g/mol. The molecule has 0 aromatic heterocycles. The fraction of sp³-hybridized carbons (Fsp3) is 0.636. The predicted octanol–water partition coefficient (Wildman–Crippen LogP) is 0.904. The molecular formula is C11H18N2O3S. The molecule has 0 unspecified atom stereocenters. The van der Waals surface area contributed by atoms with Crippen LogP contribution in [0.5, 0.6) is 0 Å². The number of hydrogen-bond acceptors (Lipinski definition) is 3. The molecule has 0 spiro atoms. The van der Waals surface area contributed by atoms with E-state index >= 15 is 0 Å². The number of thioether (sulfide) groups is 1. The Morgan fingerprint density at radius 3 is 2.53 bits per heavy atom. The molecule has 0 saturated carbocycles. The summed E-state index contributed by atoms with van der Waals surface area (Å²) in [7, 11) is 0. The van der Waals surface area contributed by atoms with E-state index in [2.05, 4.69) is 16.6 Å². The molecule has 2 amide bonds. The number of amides is 2. The van der Waals surface area contributed by atoms with Gasteiger partial charge in [0.05, 0.1) is 5.54 Å². The van der Waals surface area contributed by atoms with E-state index < -0.39 is 23.6 Å². The zero-order valence-electron chi connectivity index (χ0n) is 10.2. The summed E-state index contributed by atoms with van der Waals surface area (Å²) in [5.74, 6) is 2.01. The van der Waals surface area contributed by atoms with Crippen LogP contribution in [0, 0.1) is 12.3 Å². The van der Waals surface area contributed by atoms with Gasteiger partial charge in [0.25, 0.3) is 0 Å². The van der Waals surface area contributed by atoms with E-state index in [9.17, 15) is 9.59 Å². The second kappa shape index (κ2) is 7.07. The molecule has 0 radical (unpaired) electrons. The lowest BCUT2D eigenvalue weighted by molar-refractivity contribution is -0.139. The maximum atomic E-state index is 11.5. The molecule has 0 fully saturated rings. The van der Waals surface area contributed by atoms with Gasteiger partial charge in [-0.3, -0.25) is 0 Å². The molecule has 96 valence electrons. The first-order valence-electron chi connectivity index (χ1n) is 5.10. The maximum absolute atomic E-state index is 11.5. The second-order valence-corrected chi connectivity index (χ2v) is 5.03. The fourth-order valence-corrected chi connectivity index (χ4v) is 1.48. The Kier molecular flexibility index (Phi) is 6.51. The lowest BCUT2D eigenvalue weighted by Crippen LogP contribution is -2.52. The SMILES string of the molecule is C#CC(C)(C)NC(=O)N[C@H](CCSC)C(=O)O. The summed E-state index contributed by atoms with van der Waals surface area (Å²) in [5, 5.41) is 13.8. The standard InChI is InChI=1S/C11H18N2O3S/c1-5-11(2,3)13-10(16)12-8(9(14)15)6-7-17-4/h1,8H,6-7H2,2-4H3,(H,14,15)(H2,12,13,16)/t8-/m1/s1. The van der Waals surface area contributed by atoms with E-state index in [1.165, 1.54) is 11.8 Å². The average Bonchev–Trinajstić information content (AvgIpc) is 2.23. The minimum atomic E-state index is -1.05. The first-order valence-corrected chi connectivity index (χ1v) is 6.50. The summed E-state index contributed by atoms with van der Waals surface area (Å²) in [6.07, 6.45) is 7.46. The van der Waals surface area contributed by atoms with E-state index in [1.54, 1.807) is 13.8 Å². The zero-order valence-corrected chi connectivity index (χ0v) is 11.1. The van der Waals surface area contributed by atoms with Gasteiger partial charge in [0.1, 0.15) is 6.04 Å². The van der Waals surface area contributed by atoms with Crippen molar-refractivity contribution in [3.63, 3.8) is 0 Å². The van der Waals surface area contributed by atoms with Gasteiger partial charge < -0.3 is 15.7 Å². The van der Waals surface area contributed by atoms with Crippen LogP contribution in [-0.2, 0) is 4.79 Å². The number of carbonyl (C=O) groups is 2. The number of rotatable bonds is 6. The molecule has 1 atom stereocenters. The van der Waals surface area contributed by atoms with Crippen molar-refractivity contribution in [2.75, 3.05) is 12.0 Å². The summed E-state index contributed by atoms with van der Waals surface area (Å²) in [4.78, 5) is 22.4. The van der Waals surface area contributed by atoms with Gasteiger partial charge in [-0.05, 0) is 32.3 Å². The predicted molar refractivity (Wildman–Crippen MR) is 69.0 cm³/mol. The highest BCUT2D eigenvalue weighted by Gasteiger charge is 2.22. The number of terminal acetylenes is 1. The van der Waals surface area contributed by atoms with Crippen molar-refractivity contribution in [3.8, 4) is 12.3 Å². The van der Waals surface area contributed by atoms with Crippen LogP contribution in [0.1, 0.15) is 20.3 Å². The maximum Gasteiger partial charge on any atom is 0.326 e. The van der Waals surface area contributed by atoms with Crippen LogP contribution in [0.4, 0.5) is 4.79 Å². The zero-order chi connectivity index (χ0) is 13.5. The molecule has 3 N–H and O–H groups in total.